The lowest BCUT2D eigenvalue weighted by Gasteiger charge is -2.20. The molecule has 3 heterocycles. The highest BCUT2D eigenvalue weighted by atomic mass is 16.5. The number of fused-ring (bicyclic) bond motifs is 2. The minimum atomic E-state index is -0.0264. The minimum Gasteiger partial charge on any atom is -0.494 e. The van der Waals surface area contributed by atoms with Gasteiger partial charge in [-0.05, 0) is 78.9 Å². The van der Waals surface area contributed by atoms with Gasteiger partial charge in [-0.25, -0.2) is 0 Å². The van der Waals surface area contributed by atoms with E-state index in [1.54, 1.807) is 34.6 Å². The van der Waals surface area contributed by atoms with E-state index in [4.69, 9.17) is 4.74 Å². The van der Waals surface area contributed by atoms with Crippen LogP contribution < -0.4 is 21.2 Å². The van der Waals surface area contributed by atoms with Crippen molar-refractivity contribution in [2.75, 3.05) is 13.2 Å². The molecule has 1 N–H and O–H groups in total. The average molecular weight is 495 g/mol. The van der Waals surface area contributed by atoms with E-state index < -0.39 is 0 Å². The van der Waals surface area contributed by atoms with Crippen molar-refractivity contribution >= 4 is 21.7 Å². The number of hydrogen-bond donors (Lipinski definition) is 1. The average Bonchev–Trinajstić information content (AvgIpc) is 2.94. The molecule has 0 radical (unpaired) electrons. The monoisotopic (exact) mass is 494 g/mol. The molecule has 0 amide bonds. The van der Waals surface area contributed by atoms with Crippen LogP contribution in [0.1, 0.15) is 24.4 Å². The summed E-state index contributed by atoms with van der Waals surface area (Å²) in [6.45, 7) is 1.94. The lowest BCUT2D eigenvalue weighted by atomic mass is 10.0. The second kappa shape index (κ2) is 11.2. The summed E-state index contributed by atoms with van der Waals surface area (Å²) in [5, 5.41) is 6.31. The first-order valence-corrected chi connectivity index (χ1v) is 12.5. The number of ether oxygens (including phenoxy) is 1. The molecule has 5 rings (SSSR count). The third-order valence-electron chi connectivity index (χ3n) is 6.73. The molecule has 0 spiro atoms. The highest BCUT2D eigenvalue weighted by Crippen LogP contribution is 2.20. The number of aromatic nitrogens is 3. The van der Waals surface area contributed by atoms with Gasteiger partial charge < -0.3 is 19.2 Å². The van der Waals surface area contributed by atoms with Crippen molar-refractivity contribution in [1.29, 1.82) is 0 Å². The van der Waals surface area contributed by atoms with E-state index in [2.05, 4.69) is 10.3 Å². The molecule has 7 nitrogen and oxygen atoms in total. The topological polar surface area (TPSA) is 78.1 Å². The van der Waals surface area contributed by atoms with Crippen molar-refractivity contribution in [3.8, 4) is 5.75 Å². The molecule has 2 aromatic carbocycles. The number of pyridine rings is 3. The van der Waals surface area contributed by atoms with Gasteiger partial charge in [0.25, 0.3) is 11.1 Å². The zero-order valence-electron chi connectivity index (χ0n) is 20.8. The molecule has 0 saturated carbocycles. The highest BCUT2D eigenvalue weighted by Gasteiger charge is 2.12. The molecule has 7 heteroatoms. The lowest BCUT2D eigenvalue weighted by Crippen LogP contribution is -2.27. The Kier molecular flexibility index (Phi) is 7.42. The van der Waals surface area contributed by atoms with E-state index in [-0.39, 0.29) is 17.2 Å². The molecule has 3 aromatic heterocycles. The summed E-state index contributed by atoms with van der Waals surface area (Å²) in [4.78, 5) is 28.9. The lowest BCUT2D eigenvalue weighted by molar-refractivity contribution is 0.303. The van der Waals surface area contributed by atoms with Gasteiger partial charge in [-0.3, -0.25) is 14.6 Å². The van der Waals surface area contributed by atoms with Gasteiger partial charge in [0.15, 0.2) is 0 Å². The SMILES string of the molecule is Cn1c(=O)ccc2cc(OCCCNC(CCn3ccc4ccccc4c3=O)c3ccncc3)ccc21. The third-order valence-corrected chi connectivity index (χ3v) is 6.73. The Hall–Kier alpha value is -4.23. The summed E-state index contributed by atoms with van der Waals surface area (Å²) in [7, 11) is 1.77. The van der Waals surface area contributed by atoms with Crippen molar-refractivity contribution in [3.63, 3.8) is 0 Å². The zero-order chi connectivity index (χ0) is 25.6. The molecule has 0 fully saturated rings. The Balaban J connectivity index is 1.19. The van der Waals surface area contributed by atoms with Crippen LogP contribution in [0.5, 0.6) is 5.75 Å². The van der Waals surface area contributed by atoms with Crippen molar-refractivity contribution in [2.45, 2.75) is 25.4 Å². The Morgan fingerprint density at radius 3 is 2.65 bits per heavy atom. The first kappa shape index (κ1) is 24.5. The minimum absolute atomic E-state index is 0.0264. The molecule has 1 unspecified atom stereocenters. The normalized spacial score (nSPS) is 12.1. The molecule has 37 heavy (non-hydrogen) atoms. The highest BCUT2D eigenvalue weighted by molar-refractivity contribution is 5.81. The maximum Gasteiger partial charge on any atom is 0.258 e. The third kappa shape index (κ3) is 5.62. The van der Waals surface area contributed by atoms with Crippen molar-refractivity contribution in [1.82, 2.24) is 19.4 Å². The summed E-state index contributed by atoms with van der Waals surface area (Å²) < 4.78 is 9.40. The van der Waals surface area contributed by atoms with Crippen LogP contribution in [0.15, 0.2) is 101 Å². The molecule has 0 aliphatic carbocycles. The van der Waals surface area contributed by atoms with Crippen LogP contribution in [0.25, 0.3) is 21.7 Å². The molecule has 1 atom stereocenters. The van der Waals surface area contributed by atoms with Gasteiger partial charge in [-0.2, -0.15) is 0 Å². The second-order valence-corrected chi connectivity index (χ2v) is 9.13. The fraction of sp³-hybridized carbons (Fsp3) is 0.233. The van der Waals surface area contributed by atoms with Crippen LogP contribution >= 0.6 is 0 Å². The van der Waals surface area contributed by atoms with E-state index in [1.807, 2.05) is 72.9 Å². The van der Waals surface area contributed by atoms with E-state index in [0.29, 0.717) is 13.2 Å². The summed E-state index contributed by atoms with van der Waals surface area (Å²) in [6, 6.07) is 23.0. The largest absolute Gasteiger partial charge is 0.494 e. The van der Waals surface area contributed by atoms with Gasteiger partial charge in [0.05, 0.1) is 12.1 Å². The number of nitrogens with one attached hydrogen (secondary N) is 1. The summed E-state index contributed by atoms with van der Waals surface area (Å²) in [5.41, 5.74) is 2.04. The van der Waals surface area contributed by atoms with Gasteiger partial charge in [0.1, 0.15) is 5.75 Å². The first-order valence-electron chi connectivity index (χ1n) is 12.5. The van der Waals surface area contributed by atoms with Crippen molar-refractivity contribution in [3.05, 3.63) is 118 Å². The number of aryl methyl sites for hydroxylation is 2. The molecule has 0 bridgehead atoms. The number of rotatable bonds is 10. The molecule has 0 saturated heterocycles. The van der Waals surface area contributed by atoms with Crippen LogP contribution in [-0.4, -0.2) is 27.3 Å². The predicted octanol–water partition coefficient (Wildman–Crippen LogP) is 4.44. The van der Waals surface area contributed by atoms with Crippen molar-refractivity contribution in [2.24, 2.45) is 7.05 Å². The maximum absolute atomic E-state index is 12.9. The van der Waals surface area contributed by atoms with Crippen LogP contribution in [0.4, 0.5) is 0 Å². The van der Waals surface area contributed by atoms with E-state index in [0.717, 1.165) is 52.4 Å². The number of benzene rings is 2. The molecular weight excluding hydrogens is 464 g/mol. The van der Waals surface area contributed by atoms with Gasteiger partial charge >= 0.3 is 0 Å². The number of hydrogen-bond acceptors (Lipinski definition) is 5. The second-order valence-electron chi connectivity index (χ2n) is 9.13. The fourth-order valence-corrected chi connectivity index (χ4v) is 4.65. The molecule has 0 aliphatic rings. The summed E-state index contributed by atoms with van der Waals surface area (Å²) >= 11 is 0. The Bertz CT molecular complexity index is 1630. The van der Waals surface area contributed by atoms with Crippen LogP contribution in [0.3, 0.4) is 0 Å². The molecule has 0 aliphatic heterocycles. The maximum atomic E-state index is 12.9. The molecular formula is C30H30N4O3. The van der Waals surface area contributed by atoms with Crippen LogP contribution in [-0.2, 0) is 13.6 Å². The van der Waals surface area contributed by atoms with Gasteiger partial charge in [0, 0.05) is 55.1 Å². The Morgan fingerprint density at radius 2 is 1.78 bits per heavy atom. The van der Waals surface area contributed by atoms with Gasteiger partial charge in [-0.15, -0.1) is 0 Å². The predicted molar refractivity (Wildman–Crippen MR) is 147 cm³/mol. The smallest absolute Gasteiger partial charge is 0.258 e. The van der Waals surface area contributed by atoms with Gasteiger partial charge in [-0.1, -0.05) is 18.2 Å². The fourth-order valence-electron chi connectivity index (χ4n) is 4.65. The first-order chi connectivity index (χ1) is 18.1. The quantitative estimate of drug-likeness (QED) is 0.291. The summed E-state index contributed by atoms with van der Waals surface area (Å²) in [5.74, 6) is 0.785. The zero-order valence-corrected chi connectivity index (χ0v) is 20.8. The summed E-state index contributed by atoms with van der Waals surface area (Å²) in [6.07, 6.45) is 7.06. The van der Waals surface area contributed by atoms with Crippen LogP contribution in [0.2, 0.25) is 0 Å². The van der Waals surface area contributed by atoms with E-state index >= 15 is 0 Å². The molecule has 188 valence electrons. The van der Waals surface area contributed by atoms with Crippen LogP contribution in [0, 0.1) is 0 Å². The van der Waals surface area contributed by atoms with Crippen molar-refractivity contribution < 1.29 is 4.74 Å². The van der Waals surface area contributed by atoms with E-state index in [1.165, 1.54) is 0 Å². The van der Waals surface area contributed by atoms with Gasteiger partial charge in [0.2, 0.25) is 0 Å². The Morgan fingerprint density at radius 1 is 0.946 bits per heavy atom. The molecule has 5 aromatic rings. The Labute approximate surface area is 215 Å². The number of nitrogens with zero attached hydrogens (tertiary/aromatic N) is 3. The standard InChI is InChI=1S/C30H30N4O3/c1-33-28-9-8-25(21-24(28)7-10-29(33)35)37-20-4-15-32-27(23-11-16-31-17-12-23)14-19-34-18-13-22-5-2-3-6-26(22)30(34)36/h2-3,5-13,16-18,21,27,32H,4,14-15,19-20H2,1H3. The van der Waals surface area contributed by atoms with E-state index in [9.17, 15) is 9.59 Å².